The summed E-state index contributed by atoms with van der Waals surface area (Å²) >= 11 is 0. The van der Waals surface area contributed by atoms with Crippen molar-refractivity contribution >= 4 is 11.9 Å². The summed E-state index contributed by atoms with van der Waals surface area (Å²) in [5.41, 5.74) is 2.14. The normalized spacial score (nSPS) is 20.4. The van der Waals surface area contributed by atoms with Gasteiger partial charge in [0.25, 0.3) is 0 Å². The van der Waals surface area contributed by atoms with Gasteiger partial charge in [-0.15, -0.1) is 0 Å². The molecular weight excluding hydrogens is 352 g/mol. The van der Waals surface area contributed by atoms with Crippen molar-refractivity contribution in [2.75, 3.05) is 14.2 Å². The van der Waals surface area contributed by atoms with Gasteiger partial charge in [0.15, 0.2) is 0 Å². The molecular formula is C23H28N2O3. The Bertz CT molecular complexity index is 820. The summed E-state index contributed by atoms with van der Waals surface area (Å²) in [7, 11) is 3.40. The van der Waals surface area contributed by atoms with E-state index in [9.17, 15) is 9.59 Å². The van der Waals surface area contributed by atoms with E-state index in [1.807, 2.05) is 68.4 Å². The average molecular weight is 380 g/mol. The number of carbonyl (C=O) groups excluding carboxylic acids is 2. The lowest BCUT2D eigenvalue weighted by Gasteiger charge is -2.25. The van der Waals surface area contributed by atoms with Gasteiger partial charge in [-0.25, -0.2) is 4.79 Å². The second-order valence-electron chi connectivity index (χ2n) is 7.61. The highest BCUT2D eigenvalue weighted by molar-refractivity contribution is 5.97. The average Bonchev–Trinajstić information content (AvgIpc) is 2.93. The Kier molecular flexibility index (Phi) is 6.02. The second kappa shape index (κ2) is 8.46. The number of hydrogen-bond acceptors (Lipinski definition) is 3. The highest BCUT2D eigenvalue weighted by atomic mass is 16.5. The van der Waals surface area contributed by atoms with Gasteiger partial charge in [0, 0.05) is 13.5 Å². The van der Waals surface area contributed by atoms with Crippen LogP contribution in [0, 0.1) is 5.92 Å². The number of amides is 3. The van der Waals surface area contributed by atoms with E-state index < -0.39 is 0 Å². The van der Waals surface area contributed by atoms with Crippen molar-refractivity contribution in [3.05, 3.63) is 65.7 Å². The SMILES string of the molecule is COc1ccc(C[C@@H](C)CC(=O)N2C(=O)N(C)[C@H](C)[C@@H]2c2ccccc2)cc1. The molecule has 1 saturated heterocycles. The van der Waals surface area contributed by atoms with Crippen molar-refractivity contribution in [1.82, 2.24) is 9.80 Å². The number of methoxy groups -OCH3 is 1. The zero-order valence-corrected chi connectivity index (χ0v) is 17.0. The summed E-state index contributed by atoms with van der Waals surface area (Å²) in [5, 5.41) is 0. The molecule has 3 amide bonds. The van der Waals surface area contributed by atoms with Gasteiger partial charge in [-0.05, 0) is 42.5 Å². The quantitative estimate of drug-likeness (QED) is 0.751. The Labute approximate surface area is 166 Å². The molecule has 28 heavy (non-hydrogen) atoms. The lowest BCUT2D eigenvalue weighted by atomic mass is 9.96. The smallest absolute Gasteiger partial charge is 0.327 e. The van der Waals surface area contributed by atoms with Gasteiger partial charge < -0.3 is 9.64 Å². The van der Waals surface area contributed by atoms with Gasteiger partial charge in [-0.3, -0.25) is 9.69 Å². The monoisotopic (exact) mass is 380 g/mol. The third kappa shape index (κ3) is 4.03. The van der Waals surface area contributed by atoms with Crippen LogP contribution in [0.15, 0.2) is 54.6 Å². The van der Waals surface area contributed by atoms with E-state index in [4.69, 9.17) is 4.74 Å². The highest BCUT2D eigenvalue weighted by Gasteiger charge is 2.45. The maximum absolute atomic E-state index is 13.1. The van der Waals surface area contributed by atoms with Crippen LogP contribution >= 0.6 is 0 Å². The summed E-state index contributed by atoms with van der Waals surface area (Å²) in [6, 6.07) is 17.2. The Balaban J connectivity index is 1.72. The molecule has 0 saturated carbocycles. The van der Waals surface area contributed by atoms with Crippen molar-refractivity contribution in [2.24, 2.45) is 5.92 Å². The van der Waals surface area contributed by atoms with Crippen molar-refractivity contribution in [3.8, 4) is 5.75 Å². The van der Waals surface area contributed by atoms with E-state index in [1.165, 1.54) is 4.90 Å². The maximum Gasteiger partial charge on any atom is 0.327 e. The van der Waals surface area contributed by atoms with Crippen LogP contribution in [-0.4, -0.2) is 41.9 Å². The minimum atomic E-state index is -0.251. The molecule has 0 N–H and O–H groups in total. The van der Waals surface area contributed by atoms with E-state index in [2.05, 4.69) is 0 Å². The van der Waals surface area contributed by atoms with Gasteiger partial charge in [0.2, 0.25) is 5.91 Å². The van der Waals surface area contributed by atoms with Gasteiger partial charge in [0.05, 0.1) is 19.2 Å². The van der Waals surface area contributed by atoms with Gasteiger partial charge in [-0.2, -0.15) is 0 Å². The molecule has 0 unspecified atom stereocenters. The standard InChI is InChI=1S/C23H28N2O3/c1-16(14-18-10-12-20(28-4)13-11-18)15-21(26)25-22(17(2)24(3)23(25)27)19-8-6-5-7-9-19/h5-13,16-17,22H,14-15H2,1-4H3/t16-,17-,22-/m1/s1. The number of likely N-dealkylation sites (N-methyl/N-ethyl adjacent to an activating group) is 1. The molecule has 0 aliphatic carbocycles. The van der Waals surface area contributed by atoms with Crippen LogP contribution in [0.1, 0.15) is 37.4 Å². The Morgan fingerprint density at radius 1 is 1.11 bits per heavy atom. The van der Waals surface area contributed by atoms with Crippen LogP contribution in [-0.2, 0) is 11.2 Å². The molecule has 0 bridgehead atoms. The van der Waals surface area contributed by atoms with Crippen molar-refractivity contribution in [1.29, 1.82) is 0 Å². The lowest BCUT2D eigenvalue weighted by molar-refractivity contribution is -0.130. The molecule has 0 aromatic heterocycles. The predicted molar refractivity (Wildman–Crippen MR) is 109 cm³/mol. The fourth-order valence-corrected chi connectivity index (χ4v) is 3.86. The zero-order chi connectivity index (χ0) is 20.3. The minimum Gasteiger partial charge on any atom is -0.497 e. The molecule has 2 aromatic rings. The van der Waals surface area contributed by atoms with Crippen LogP contribution in [0.25, 0.3) is 0 Å². The van der Waals surface area contributed by atoms with Crippen LogP contribution < -0.4 is 4.74 Å². The highest BCUT2D eigenvalue weighted by Crippen LogP contribution is 2.35. The number of imide groups is 1. The maximum atomic E-state index is 13.1. The lowest BCUT2D eigenvalue weighted by Crippen LogP contribution is -2.37. The molecule has 1 aliphatic rings. The third-order valence-corrected chi connectivity index (χ3v) is 5.53. The first kappa shape index (κ1) is 19.9. The molecule has 3 atom stereocenters. The van der Waals surface area contributed by atoms with Crippen molar-refractivity contribution in [3.63, 3.8) is 0 Å². The van der Waals surface area contributed by atoms with Crippen molar-refractivity contribution in [2.45, 2.75) is 38.8 Å². The van der Waals surface area contributed by atoms with Crippen LogP contribution in [0.3, 0.4) is 0 Å². The third-order valence-electron chi connectivity index (χ3n) is 5.53. The summed E-state index contributed by atoms with van der Waals surface area (Å²) in [4.78, 5) is 29.0. The zero-order valence-electron chi connectivity index (χ0n) is 17.0. The second-order valence-corrected chi connectivity index (χ2v) is 7.61. The molecule has 5 heteroatoms. The van der Waals surface area contributed by atoms with E-state index in [1.54, 1.807) is 19.1 Å². The van der Waals surface area contributed by atoms with Crippen LogP contribution in [0.5, 0.6) is 5.75 Å². The van der Waals surface area contributed by atoms with Crippen LogP contribution in [0.4, 0.5) is 4.79 Å². The molecule has 1 aliphatic heterocycles. The molecule has 2 aromatic carbocycles. The molecule has 5 nitrogen and oxygen atoms in total. The van der Waals surface area contributed by atoms with E-state index in [0.29, 0.717) is 6.42 Å². The number of nitrogens with zero attached hydrogens (tertiary/aromatic N) is 2. The number of ether oxygens (including phenoxy) is 1. The fourth-order valence-electron chi connectivity index (χ4n) is 3.86. The summed E-state index contributed by atoms with van der Waals surface area (Å²) in [5.74, 6) is 0.834. The Morgan fingerprint density at radius 3 is 2.36 bits per heavy atom. The van der Waals surface area contributed by atoms with E-state index >= 15 is 0 Å². The topological polar surface area (TPSA) is 49.9 Å². The molecule has 3 rings (SSSR count). The summed E-state index contributed by atoms with van der Waals surface area (Å²) < 4.78 is 5.19. The minimum absolute atomic E-state index is 0.0595. The van der Waals surface area contributed by atoms with E-state index in [-0.39, 0.29) is 29.9 Å². The fraction of sp³-hybridized carbons (Fsp3) is 0.391. The number of carbonyl (C=O) groups is 2. The molecule has 1 fully saturated rings. The van der Waals surface area contributed by atoms with Gasteiger partial charge in [0.1, 0.15) is 5.75 Å². The number of hydrogen-bond donors (Lipinski definition) is 0. The first-order valence-electron chi connectivity index (χ1n) is 9.69. The summed E-state index contributed by atoms with van der Waals surface area (Å²) in [6.45, 7) is 4.04. The molecule has 1 heterocycles. The largest absolute Gasteiger partial charge is 0.497 e. The predicted octanol–water partition coefficient (Wildman–Crippen LogP) is 4.29. The number of benzene rings is 2. The van der Waals surface area contributed by atoms with Crippen molar-refractivity contribution < 1.29 is 14.3 Å². The van der Waals surface area contributed by atoms with E-state index in [0.717, 1.165) is 23.3 Å². The summed E-state index contributed by atoms with van der Waals surface area (Å²) in [6.07, 6.45) is 1.11. The molecule has 0 spiro atoms. The Hall–Kier alpha value is -2.82. The van der Waals surface area contributed by atoms with Gasteiger partial charge >= 0.3 is 6.03 Å². The van der Waals surface area contributed by atoms with Gasteiger partial charge in [-0.1, -0.05) is 49.4 Å². The molecule has 0 radical (unpaired) electrons. The Morgan fingerprint density at radius 2 is 1.75 bits per heavy atom. The number of urea groups is 1. The molecule has 148 valence electrons. The first-order chi connectivity index (χ1) is 13.4. The number of rotatable bonds is 6. The van der Waals surface area contributed by atoms with Crippen LogP contribution in [0.2, 0.25) is 0 Å². The first-order valence-corrected chi connectivity index (χ1v) is 9.69.